The molecule has 1 aliphatic heterocycles. The van der Waals surface area contributed by atoms with Crippen LogP contribution in [0.5, 0.6) is 0 Å². The number of aromatic nitrogens is 3. The number of nitrogens with two attached hydrogens (primary N) is 1. The summed E-state index contributed by atoms with van der Waals surface area (Å²) in [4.78, 5) is 8.13. The standard InChI is InChI=1S/C12H14N4O3/c1-11-10(17)12(11,18)4-7(19-11)16-3-2-6-8(13)14-5-15-9(6)16/h2-3,5,7,10,17-18H,4H2,1H3,(H2,13,14,15)/t7-,10?,11-,12-/m1/s1. The minimum Gasteiger partial charge on any atom is -0.387 e. The van der Waals surface area contributed by atoms with E-state index in [-0.39, 0.29) is 6.23 Å². The van der Waals surface area contributed by atoms with E-state index >= 15 is 0 Å². The van der Waals surface area contributed by atoms with Crippen LogP contribution in [0.2, 0.25) is 0 Å². The lowest BCUT2D eigenvalue weighted by molar-refractivity contribution is -0.0552. The maximum Gasteiger partial charge on any atom is 0.147 e. The molecule has 2 fully saturated rings. The van der Waals surface area contributed by atoms with Gasteiger partial charge in [0.15, 0.2) is 0 Å². The van der Waals surface area contributed by atoms with Crippen molar-refractivity contribution >= 4 is 16.9 Å². The van der Waals surface area contributed by atoms with Crippen molar-refractivity contribution in [3.05, 3.63) is 18.6 Å². The van der Waals surface area contributed by atoms with Gasteiger partial charge >= 0.3 is 0 Å². The van der Waals surface area contributed by atoms with Crippen molar-refractivity contribution in [2.24, 2.45) is 0 Å². The third-order valence-corrected chi connectivity index (χ3v) is 4.47. The summed E-state index contributed by atoms with van der Waals surface area (Å²) >= 11 is 0. The van der Waals surface area contributed by atoms with Gasteiger partial charge in [-0.3, -0.25) is 0 Å². The van der Waals surface area contributed by atoms with Crippen molar-refractivity contribution in [3.63, 3.8) is 0 Å². The smallest absolute Gasteiger partial charge is 0.147 e. The number of ether oxygens (including phenoxy) is 1. The first-order valence-corrected chi connectivity index (χ1v) is 6.13. The van der Waals surface area contributed by atoms with E-state index in [9.17, 15) is 10.2 Å². The molecule has 1 saturated carbocycles. The van der Waals surface area contributed by atoms with Gasteiger partial charge in [-0.05, 0) is 13.0 Å². The predicted octanol–water partition coefficient (Wildman–Crippen LogP) is -0.203. The molecule has 0 radical (unpaired) electrons. The van der Waals surface area contributed by atoms with E-state index in [1.54, 1.807) is 6.92 Å². The average molecular weight is 262 g/mol. The van der Waals surface area contributed by atoms with Crippen LogP contribution in [0.4, 0.5) is 5.82 Å². The molecular weight excluding hydrogens is 248 g/mol. The van der Waals surface area contributed by atoms with Crippen molar-refractivity contribution in [1.29, 1.82) is 0 Å². The van der Waals surface area contributed by atoms with Crippen LogP contribution in [0.3, 0.4) is 0 Å². The molecular formula is C12H14N4O3. The molecule has 4 rings (SSSR count). The van der Waals surface area contributed by atoms with E-state index in [2.05, 4.69) is 9.97 Å². The first-order chi connectivity index (χ1) is 8.97. The highest BCUT2D eigenvalue weighted by Crippen LogP contribution is 2.62. The van der Waals surface area contributed by atoms with Crippen LogP contribution in [0.25, 0.3) is 11.0 Å². The largest absolute Gasteiger partial charge is 0.387 e. The van der Waals surface area contributed by atoms with Crippen molar-refractivity contribution in [2.45, 2.75) is 36.9 Å². The normalized spacial score (nSPS) is 40.6. The Morgan fingerprint density at radius 3 is 3.00 bits per heavy atom. The number of anilines is 1. The molecule has 100 valence electrons. The Balaban J connectivity index is 1.76. The van der Waals surface area contributed by atoms with Gasteiger partial charge in [0.25, 0.3) is 0 Å². The molecule has 2 aliphatic rings. The summed E-state index contributed by atoms with van der Waals surface area (Å²) < 4.78 is 7.61. The molecule has 2 aromatic rings. The monoisotopic (exact) mass is 262 g/mol. The van der Waals surface area contributed by atoms with Crippen LogP contribution in [-0.4, -0.2) is 42.1 Å². The van der Waals surface area contributed by atoms with E-state index in [4.69, 9.17) is 10.5 Å². The van der Waals surface area contributed by atoms with Gasteiger partial charge in [-0.2, -0.15) is 0 Å². The van der Waals surface area contributed by atoms with Gasteiger partial charge in [-0.15, -0.1) is 0 Å². The van der Waals surface area contributed by atoms with Crippen molar-refractivity contribution in [3.8, 4) is 0 Å². The maximum atomic E-state index is 10.2. The summed E-state index contributed by atoms with van der Waals surface area (Å²) in [5.41, 5.74) is 4.41. The molecule has 0 aromatic carbocycles. The lowest BCUT2D eigenvalue weighted by atomic mass is 10.2. The lowest BCUT2D eigenvalue weighted by Gasteiger charge is -2.18. The van der Waals surface area contributed by atoms with E-state index < -0.39 is 17.3 Å². The Kier molecular flexibility index (Phi) is 1.80. The minimum atomic E-state index is -1.16. The summed E-state index contributed by atoms with van der Waals surface area (Å²) in [7, 11) is 0. The Hall–Kier alpha value is -1.70. The molecule has 4 N–H and O–H groups in total. The number of fused-ring (bicyclic) bond motifs is 2. The Morgan fingerprint density at radius 2 is 2.32 bits per heavy atom. The highest BCUT2D eigenvalue weighted by molar-refractivity contribution is 5.86. The van der Waals surface area contributed by atoms with E-state index in [1.165, 1.54) is 6.33 Å². The molecule has 7 heteroatoms. The minimum absolute atomic E-state index is 0.332. The van der Waals surface area contributed by atoms with Crippen molar-refractivity contribution in [1.82, 2.24) is 14.5 Å². The first-order valence-electron chi connectivity index (χ1n) is 6.13. The quantitative estimate of drug-likeness (QED) is 0.657. The van der Waals surface area contributed by atoms with Gasteiger partial charge < -0.3 is 25.3 Å². The summed E-state index contributed by atoms with van der Waals surface area (Å²) in [6, 6.07) is 1.82. The summed E-state index contributed by atoms with van der Waals surface area (Å²) in [5.74, 6) is 0.414. The van der Waals surface area contributed by atoms with Crippen LogP contribution in [-0.2, 0) is 4.74 Å². The number of rotatable bonds is 1. The molecule has 7 nitrogen and oxygen atoms in total. The zero-order valence-corrected chi connectivity index (χ0v) is 10.3. The third kappa shape index (κ3) is 1.13. The van der Waals surface area contributed by atoms with Crippen molar-refractivity contribution < 1.29 is 14.9 Å². The fourth-order valence-electron chi connectivity index (χ4n) is 3.07. The predicted molar refractivity (Wildman–Crippen MR) is 66.0 cm³/mol. The van der Waals surface area contributed by atoms with E-state index in [1.807, 2.05) is 16.8 Å². The number of hydrogen-bond acceptors (Lipinski definition) is 6. The number of nitrogen functional groups attached to an aromatic ring is 1. The van der Waals surface area contributed by atoms with Crippen LogP contribution >= 0.6 is 0 Å². The molecule has 3 heterocycles. The maximum absolute atomic E-state index is 10.2. The third-order valence-electron chi connectivity index (χ3n) is 4.47. The Morgan fingerprint density at radius 1 is 1.53 bits per heavy atom. The summed E-state index contributed by atoms with van der Waals surface area (Å²) in [6.07, 6.45) is 2.36. The zero-order valence-electron chi connectivity index (χ0n) is 10.3. The number of aliphatic hydroxyl groups excluding tert-OH is 1. The highest BCUT2D eigenvalue weighted by Gasteiger charge is 2.80. The Bertz CT molecular complexity index is 669. The molecule has 1 unspecified atom stereocenters. The van der Waals surface area contributed by atoms with Crippen LogP contribution in [0.15, 0.2) is 18.6 Å². The summed E-state index contributed by atoms with van der Waals surface area (Å²) in [6.45, 7) is 1.71. The topological polar surface area (TPSA) is 106 Å². The number of hydrogen-bond donors (Lipinski definition) is 3. The highest BCUT2D eigenvalue weighted by atomic mass is 16.6. The second-order valence-electron chi connectivity index (χ2n) is 5.43. The van der Waals surface area contributed by atoms with E-state index in [0.29, 0.717) is 17.9 Å². The van der Waals surface area contributed by atoms with Crippen LogP contribution in [0, 0.1) is 0 Å². The van der Waals surface area contributed by atoms with E-state index in [0.717, 1.165) is 5.39 Å². The van der Waals surface area contributed by atoms with Gasteiger partial charge in [0.05, 0.1) is 5.39 Å². The molecule has 0 bridgehead atoms. The molecule has 4 atom stereocenters. The molecule has 1 aliphatic carbocycles. The molecule has 2 aromatic heterocycles. The Labute approximate surface area is 108 Å². The van der Waals surface area contributed by atoms with Gasteiger partial charge in [0, 0.05) is 12.6 Å². The molecule has 19 heavy (non-hydrogen) atoms. The molecule has 0 spiro atoms. The zero-order chi connectivity index (χ0) is 13.4. The van der Waals surface area contributed by atoms with Gasteiger partial charge in [0.1, 0.15) is 41.3 Å². The fraction of sp³-hybridized carbons (Fsp3) is 0.500. The second kappa shape index (κ2) is 3.06. The second-order valence-corrected chi connectivity index (χ2v) is 5.43. The van der Waals surface area contributed by atoms with Crippen molar-refractivity contribution in [2.75, 3.05) is 5.73 Å². The van der Waals surface area contributed by atoms with Gasteiger partial charge in [0.2, 0.25) is 0 Å². The average Bonchev–Trinajstić information content (AvgIpc) is 2.80. The lowest BCUT2D eigenvalue weighted by Crippen LogP contribution is -2.19. The number of nitrogens with zero attached hydrogens (tertiary/aromatic N) is 3. The van der Waals surface area contributed by atoms with Crippen LogP contribution in [0.1, 0.15) is 19.6 Å². The SMILES string of the molecule is C[C@]12O[C@@H](n3ccc4c(N)ncnc43)C[C@@]1(O)C2O. The summed E-state index contributed by atoms with van der Waals surface area (Å²) in [5, 5.41) is 20.7. The van der Waals surface area contributed by atoms with Gasteiger partial charge in [-0.1, -0.05) is 0 Å². The molecule has 1 saturated heterocycles. The van der Waals surface area contributed by atoms with Gasteiger partial charge in [-0.25, -0.2) is 9.97 Å². The molecule has 0 amide bonds. The van der Waals surface area contributed by atoms with Crippen LogP contribution < -0.4 is 5.73 Å². The fourth-order valence-corrected chi connectivity index (χ4v) is 3.07. The number of aliphatic hydroxyl groups is 2. The first kappa shape index (κ1) is 11.2.